The number of nitrogens with zero attached hydrogens (tertiary/aromatic N) is 1. The van der Waals surface area contributed by atoms with Gasteiger partial charge >= 0.3 is 0 Å². The van der Waals surface area contributed by atoms with Gasteiger partial charge in [-0.2, -0.15) is 0 Å². The molecule has 0 bridgehead atoms. The van der Waals surface area contributed by atoms with E-state index >= 15 is 0 Å². The van der Waals surface area contributed by atoms with Gasteiger partial charge in [-0.05, 0) is 32.9 Å². The minimum Gasteiger partial charge on any atom is -0.598 e. The molecule has 2 N–H and O–H groups in total. The Morgan fingerprint density at radius 3 is 2.55 bits per heavy atom. The lowest BCUT2D eigenvalue weighted by Crippen LogP contribution is -2.42. The maximum absolute atomic E-state index is 13.5. The number of amides is 1. The summed E-state index contributed by atoms with van der Waals surface area (Å²) in [6.07, 6.45) is 0.389. The molecule has 0 saturated carbocycles. The van der Waals surface area contributed by atoms with Gasteiger partial charge in [0.15, 0.2) is 11.6 Å². The van der Waals surface area contributed by atoms with Crippen LogP contribution in [0.5, 0.6) is 5.75 Å². The summed E-state index contributed by atoms with van der Waals surface area (Å²) in [7, 11) is 0. The average Bonchev–Trinajstić information content (AvgIpc) is 2.69. The standard InChI is InChI=1S/C20H21F2N3O5S/c1-20(2,3)31(29)24-17-6-7-30-18-13(17)9-12(25(27)28)10-14(18)19(26)23-11-4-5-15(21)16(22)8-11/h4-5,8-10,17,24H,6-7H2,1-3H3,(H,23,26)/t17?,31-/m0/s1. The normalized spacial score (nSPS) is 16.8. The predicted molar refractivity (Wildman–Crippen MR) is 111 cm³/mol. The van der Waals surface area contributed by atoms with Crippen LogP contribution in [0, 0.1) is 21.7 Å². The van der Waals surface area contributed by atoms with Gasteiger partial charge in [0.25, 0.3) is 11.6 Å². The molecule has 166 valence electrons. The number of nitro benzene ring substituents is 1. The van der Waals surface area contributed by atoms with E-state index in [2.05, 4.69) is 10.0 Å². The van der Waals surface area contributed by atoms with Crippen molar-refractivity contribution >= 4 is 28.6 Å². The molecule has 1 amide bonds. The molecule has 1 aliphatic rings. The number of halogens is 2. The van der Waals surface area contributed by atoms with Crippen LogP contribution in [0.1, 0.15) is 49.2 Å². The first kappa shape index (κ1) is 22.9. The van der Waals surface area contributed by atoms with Crippen molar-refractivity contribution < 1.29 is 27.8 Å². The van der Waals surface area contributed by atoms with Crippen LogP contribution in [-0.4, -0.2) is 26.7 Å². The van der Waals surface area contributed by atoms with Crippen molar-refractivity contribution in [2.45, 2.75) is 38.0 Å². The van der Waals surface area contributed by atoms with E-state index in [0.29, 0.717) is 12.0 Å². The van der Waals surface area contributed by atoms with Crippen molar-refractivity contribution in [3.63, 3.8) is 0 Å². The number of benzene rings is 2. The Bertz CT molecular complexity index is 1030. The Kier molecular flexibility index (Phi) is 6.48. The van der Waals surface area contributed by atoms with Gasteiger partial charge in [0.1, 0.15) is 10.5 Å². The first-order valence-corrected chi connectivity index (χ1v) is 10.5. The number of carbonyl (C=O) groups is 1. The van der Waals surface area contributed by atoms with Crippen molar-refractivity contribution in [2.75, 3.05) is 11.9 Å². The molecule has 0 aromatic heterocycles. The Hall–Kier alpha value is -2.76. The minimum absolute atomic E-state index is 0.0246. The summed E-state index contributed by atoms with van der Waals surface area (Å²) in [5, 5.41) is 13.8. The number of nitrogens with one attached hydrogen (secondary N) is 2. The highest BCUT2D eigenvalue weighted by Crippen LogP contribution is 2.39. The second-order valence-electron chi connectivity index (χ2n) is 7.94. The number of ether oxygens (including phenoxy) is 1. The third-order valence-electron chi connectivity index (χ3n) is 4.57. The van der Waals surface area contributed by atoms with Crippen molar-refractivity contribution in [1.29, 1.82) is 0 Å². The number of hydrogen-bond acceptors (Lipinski definition) is 6. The molecular weight excluding hydrogens is 432 g/mol. The summed E-state index contributed by atoms with van der Waals surface area (Å²) in [4.78, 5) is 23.6. The van der Waals surface area contributed by atoms with E-state index in [-0.39, 0.29) is 29.3 Å². The smallest absolute Gasteiger partial charge is 0.270 e. The summed E-state index contributed by atoms with van der Waals surface area (Å²) < 4.78 is 47.2. The Morgan fingerprint density at radius 2 is 1.94 bits per heavy atom. The van der Waals surface area contributed by atoms with Crippen LogP contribution in [0.15, 0.2) is 30.3 Å². The zero-order chi connectivity index (χ0) is 22.9. The van der Waals surface area contributed by atoms with E-state index in [1.54, 1.807) is 20.8 Å². The summed E-state index contributed by atoms with van der Waals surface area (Å²) in [6, 6.07) is 4.61. The Labute approximate surface area is 180 Å². The third kappa shape index (κ3) is 5.12. The molecule has 1 unspecified atom stereocenters. The van der Waals surface area contributed by atoms with Crippen molar-refractivity contribution in [3.8, 4) is 5.75 Å². The average molecular weight is 453 g/mol. The third-order valence-corrected chi connectivity index (χ3v) is 6.18. The first-order valence-electron chi connectivity index (χ1n) is 9.37. The maximum atomic E-state index is 13.5. The van der Waals surface area contributed by atoms with Crippen LogP contribution in [0.3, 0.4) is 0 Å². The van der Waals surface area contributed by atoms with Gasteiger partial charge < -0.3 is 14.6 Å². The highest BCUT2D eigenvalue weighted by Gasteiger charge is 2.35. The van der Waals surface area contributed by atoms with E-state index in [4.69, 9.17) is 4.74 Å². The van der Waals surface area contributed by atoms with Crippen LogP contribution in [0.4, 0.5) is 20.2 Å². The van der Waals surface area contributed by atoms with Crippen LogP contribution in [0.2, 0.25) is 0 Å². The summed E-state index contributed by atoms with van der Waals surface area (Å²) in [5.74, 6) is -2.90. The molecule has 0 saturated heterocycles. The van der Waals surface area contributed by atoms with Gasteiger partial charge in [-0.15, -0.1) is 4.72 Å². The zero-order valence-corrected chi connectivity index (χ0v) is 17.8. The minimum atomic E-state index is -1.47. The SMILES string of the molecule is CC(C)(C)[S@+]([O-])NC1CCOc2c(C(=O)Nc3ccc(F)c(F)c3)cc([N+](=O)[O-])cc21. The van der Waals surface area contributed by atoms with Crippen LogP contribution in [0.25, 0.3) is 0 Å². The summed E-state index contributed by atoms with van der Waals surface area (Å²) in [5.41, 5.74) is -0.188. The van der Waals surface area contributed by atoms with Gasteiger partial charge in [0, 0.05) is 47.2 Å². The molecule has 0 fully saturated rings. The molecule has 8 nitrogen and oxygen atoms in total. The topological polar surface area (TPSA) is 117 Å². The van der Waals surface area contributed by atoms with Crippen molar-refractivity contribution in [3.05, 3.63) is 63.2 Å². The number of non-ortho nitro benzene ring substituents is 1. The van der Waals surface area contributed by atoms with Gasteiger partial charge in [0.2, 0.25) is 0 Å². The number of hydrogen-bond donors (Lipinski definition) is 2. The number of anilines is 1. The summed E-state index contributed by atoms with van der Waals surface area (Å²) >= 11 is -1.47. The quantitative estimate of drug-likeness (QED) is 0.402. The monoisotopic (exact) mass is 453 g/mol. The summed E-state index contributed by atoms with van der Waals surface area (Å²) in [6.45, 7) is 5.54. The molecule has 1 heterocycles. The molecule has 11 heteroatoms. The van der Waals surface area contributed by atoms with E-state index in [1.165, 1.54) is 6.07 Å². The van der Waals surface area contributed by atoms with E-state index in [9.17, 15) is 28.2 Å². The van der Waals surface area contributed by atoms with E-state index in [1.807, 2.05) is 0 Å². The van der Waals surface area contributed by atoms with Gasteiger partial charge in [-0.1, -0.05) is 0 Å². The van der Waals surface area contributed by atoms with E-state index in [0.717, 1.165) is 24.3 Å². The fourth-order valence-electron chi connectivity index (χ4n) is 2.96. The Morgan fingerprint density at radius 1 is 1.23 bits per heavy atom. The van der Waals surface area contributed by atoms with Gasteiger partial charge in [-0.3, -0.25) is 14.9 Å². The molecule has 2 aromatic rings. The lowest BCUT2D eigenvalue weighted by molar-refractivity contribution is -0.385. The van der Waals surface area contributed by atoms with Crippen molar-refractivity contribution in [2.24, 2.45) is 0 Å². The van der Waals surface area contributed by atoms with E-state index < -0.39 is 44.6 Å². The molecule has 2 atom stereocenters. The van der Waals surface area contributed by atoms with Crippen LogP contribution >= 0.6 is 0 Å². The Balaban J connectivity index is 2.00. The lowest BCUT2D eigenvalue weighted by Gasteiger charge is -2.31. The first-order chi connectivity index (χ1) is 14.5. The zero-order valence-electron chi connectivity index (χ0n) is 17.0. The number of fused-ring (bicyclic) bond motifs is 1. The molecule has 0 radical (unpaired) electrons. The molecule has 0 spiro atoms. The van der Waals surface area contributed by atoms with Crippen LogP contribution < -0.4 is 14.8 Å². The number of nitro groups is 1. The fraction of sp³-hybridized carbons (Fsp3) is 0.350. The molecule has 2 aromatic carbocycles. The maximum Gasteiger partial charge on any atom is 0.270 e. The predicted octanol–water partition coefficient (Wildman–Crippen LogP) is 4.00. The van der Waals surface area contributed by atoms with Crippen LogP contribution in [-0.2, 0) is 11.4 Å². The van der Waals surface area contributed by atoms with Gasteiger partial charge in [-0.25, -0.2) is 8.78 Å². The van der Waals surface area contributed by atoms with Crippen molar-refractivity contribution in [1.82, 2.24) is 4.72 Å². The highest BCUT2D eigenvalue weighted by atomic mass is 32.2. The number of rotatable bonds is 5. The highest BCUT2D eigenvalue weighted by molar-refractivity contribution is 7.90. The molecule has 3 rings (SSSR count). The fourth-order valence-corrected chi connectivity index (χ4v) is 3.82. The molecule has 31 heavy (non-hydrogen) atoms. The lowest BCUT2D eigenvalue weighted by atomic mass is 9.97. The van der Waals surface area contributed by atoms with Gasteiger partial charge in [0.05, 0.1) is 23.1 Å². The second-order valence-corrected chi connectivity index (χ2v) is 9.94. The molecule has 0 aliphatic carbocycles. The second kappa shape index (κ2) is 8.77. The number of carbonyl (C=O) groups excluding carboxylic acids is 1. The molecular formula is C20H21F2N3O5S. The molecule has 1 aliphatic heterocycles. The largest absolute Gasteiger partial charge is 0.598 e.